The fourth-order valence-electron chi connectivity index (χ4n) is 3.44. The zero-order valence-electron chi connectivity index (χ0n) is 15.5. The number of hydrogen-bond donors (Lipinski definition) is 3. The summed E-state index contributed by atoms with van der Waals surface area (Å²) in [5.41, 5.74) is 0.930. The molecule has 0 unspecified atom stereocenters. The van der Waals surface area contributed by atoms with Gasteiger partial charge >= 0.3 is 0 Å². The predicted molar refractivity (Wildman–Crippen MR) is 115 cm³/mol. The molecule has 148 valence electrons. The number of rotatable bonds is 5. The van der Waals surface area contributed by atoms with Gasteiger partial charge in [-0.15, -0.1) is 24.0 Å². The van der Waals surface area contributed by atoms with Crippen LogP contribution >= 0.6 is 24.0 Å². The summed E-state index contributed by atoms with van der Waals surface area (Å²) in [7, 11) is 0. The first kappa shape index (κ1) is 21.6. The molecule has 0 saturated heterocycles. The minimum atomic E-state index is -0.250. The molecule has 0 radical (unpaired) electrons. The van der Waals surface area contributed by atoms with Crippen LogP contribution in [0, 0.1) is 0 Å². The molecule has 1 aliphatic heterocycles. The maximum atomic E-state index is 12.4. The molecule has 3 N–H and O–H groups in total. The molecule has 7 nitrogen and oxygen atoms in total. The number of carbonyl (C=O) groups excluding carboxylic acids is 2. The van der Waals surface area contributed by atoms with Crippen LogP contribution in [0.3, 0.4) is 0 Å². The molecule has 8 heteroatoms. The third-order valence-corrected chi connectivity index (χ3v) is 4.85. The monoisotopic (exact) mass is 486 g/mol. The molecule has 1 saturated carbocycles. The number of amides is 2. The van der Waals surface area contributed by atoms with Crippen molar-refractivity contribution in [3.8, 4) is 0 Å². The Morgan fingerprint density at radius 3 is 2.30 bits per heavy atom. The molecule has 2 amide bonds. The van der Waals surface area contributed by atoms with Gasteiger partial charge in [-0.05, 0) is 44.7 Å². The summed E-state index contributed by atoms with van der Waals surface area (Å²) in [5.74, 6) is 0.186. The van der Waals surface area contributed by atoms with Crippen molar-refractivity contribution in [1.29, 1.82) is 0 Å². The van der Waals surface area contributed by atoms with Crippen LogP contribution in [-0.4, -0.2) is 59.6 Å². The highest BCUT2D eigenvalue weighted by Crippen LogP contribution is 2.22. The van der Waals surface area contributed by atoms with Crippen molar-refractivity contribution in [3.63, 3.8) is 0 Å². The number of aliphatic hydroxyl groups is 1. The Bertz CT molecular complexity index is 667. The zero-order valence-corrected chi connectivity index (χ0v) is 17.8. The highest BCUT2D eigenvalue weighted by molar-refractivity contribution is 14.0. The van der Waals surface area contributed by atoms with Crippen LogP contribution in [0.1, 0.15) is 53.3 Å². The van der Waals surface area contributed by atoms with Gasteiger partial charge in [-0.3, -0.25) is 19.5 Å². The average Bonchev–Trinajstić information content (AvgIpc) is 2.89. The van der Waals surface area contributed by atoms with Crippen molar-refractivity contribution in [2.45, 2.75) is 44.8 Å². The molecular weight excluding hydrogens is 459 g/mol. The van der Waals surface area contributed by atoms with E-state index in [0.29, 0.717) is 23.6 Å². The number of fused-ring (bicyclic) bond motifs is 1. The Labute approximate surface area is 176 Å². The van der Waals surface area contributed by atoms with E-state index in [1.165, 1.54) is 4.90 Å². The highest BCUT2D eigenvalue weighted by atomic mass is 127. The predicted octanol–water partition coefficient (Wildman–Crippen LogP) is 1.76. The van der Waals surface area contributed by atoms with E-state index in [1.54, 1.807) is 24.3 Å². The number of halogens is 1. The number of nitrogens with zero attached hydrogens (tertiary/aromatic N) is 2. The van der Waals surface area contributed by atoms with E-state index in [1.807, 2.05) is 6.92 Å². The minimum absolute atomic E-state index is 0. The van der Waals surface area contributed by atoms with Crippen LogP contribution in [0.15, 0.2) is 29.3 Å². The molecule has 0 atom stereocenters. The SMILES string of the molecule is CCNC(=NCCN1C(=O)c2ccccc2C1=O)NC1CCC(O)CC1.I. The number of nitrogens with one attached hydrogen (secondary N) is 2. The number of aliphatic imine (C=N–C) groups is 1. The number of benzene rings is 1. The minimum Gasteiger partial charge on any atom is -0.393 e. The van der Waals surface area contributed by atoms with E-state index in [4.69, 9.17) is 0 Å². The van der Waals surface area contributed by atoms with Crippen LogP contribution in [0.2, 0.25) is 0 Å². The standard InChI is InChI=1S/C19H26N4O3.HI/c1-2-20-19(22-13-7-9-14(24)10-8-13)21-11-12-23-17(25)15-5-3-4-6-16(15)18(23)26;/h3-6,13-14,24H,2,7-12H2,1H3,(H2,20,21,22);1H. The van der Waals surface area contributed by atoms with Crippen molar-refractivity contribution in [2.75, 3.05) is 19.6 Å². The van der Waals surface area contributed by atoms with Crippen molar-refractivity contribution in [2.24, 2.45) is 4.99 Å². The quantitative estimate of drug-likeness (QED) is 0.255. The van der Waals surface area contributed by atoms with E-state index in [9.17, 15) is 14.7 Å². The average molecular weight is 486 g/mol. The van der Waals surface area contributed by atoms with Gasteiger partial charge in [0.2, 0.25) is 0 Å². The van der Waals surface area contributed by atoms with Crippen molar-refractivity contribution >= 4 is 41.8 Å². The first-order valence-electron chi connectivity index (χ1n) is 9.28. The number of carbonyl (C=O) groups is 2. The number of guanidine groups is 1. The summed E-state index contributed by atoms with van der Waals surface area (Å²) in [5, 5.41) is 16.2. The second kappa shape index (κ2) is 10.0. The van der Waals surface area contributed by atoms with E-state index in [-0.39, 0.29) is 54.5 Å². The van der Waals surface area contributed by atoms with E-state index in [2.05, 4.69) is 15.6 Å². The van der Waals surface area contributed by atoms with Gasteiger partial charge in [0.05, 0.1) is 23.8 Å². The van der Waals surface area contributed by atoms with Gasteiger partial charge in [0, 0.05) is 19.1 Å². The summed E-state index contributed by atoms with van der Waals surface area (Å²) < 4.78 is 0. The van der Waals surface area contributed by atoms with E-state index >= 15 is 0 Å². The lowest BCUT2D eigenvalue weighted by atomic mass is 9.93. The molecule has 1 aliphatic carbocycles. The van der Waals surface area contributed by atoms with Gasteiger partial charge < -0.3 is 15.7 Å². The molecular formula is C19H27IN4O3. The fraction of sp³-hybridized carbons (Fsp3) is 0.526. The van der Waals surface area contributed by atoms with E-state index < -0.39 is 0 Å². The van der Waals surface area contributed by atoms with Gasteiger partial charge in [-0.2, -0.15) is 0 Å². The normalized spacial score (nSPS) is 22.3. The highest BCUT2D eigenvalue weighted by Gasteiger charge is 2.34. The summed E-state index contributed by atoms with van der Waals surface area (Å²) >= 11 is 0. The van der Waals surface area contributed by atoms with Gasteiger partial charge in [0.1, 0.15) is 0 Å². The largest absolute Gasteiger partial charge is 0.393 e. The van der Waals surface area contributed by atoms with Gasteiger partial charge in [-0.1, -0.05) is 12.1 Å². The first-order valence-corrected chi connectivity index (χ1v) is 9.28. The molecule has 1 heterocycles. The van der Waals surface area contributed by atoms with Gasteiger partial charge in [-0.25, -0.2) is 0 Å². The molecule has 2 aliphatic rings. The Morgan fingerprint density at radius 1 is 1.15 bits per heavy atom. The number of imide groups is 1. The number of aliphatic hydroxyl groups excluding tert-OH is 1. The van der Waals surface area contributed by atoms with Crippen LogP contribution < -0.4 is 10.6 Å². The molecule has 1 aromatic carbocycles. The Morgan fingerprint density at radius 2 is 1.74 bits per heavy atom. The molecule has 0 bridgehead atoms. The van der Waals surface area contributed by atoms with Gasteiger partial charge in [0.25, 0.3) is 11.8 Å². The third-order valence-electron chi connectivity index (χ3n) is 4.85. The summed E-state index contributed by atoms with van der Waals surface area (Å²) in [6, 6.07) is 7.18. The first-order chi connectivity index (χ1) is 12.6. The summed E-state index contributed by atoms with van der Waals surface area (Å²) in [4.78, 5) is 30.5. The third kappa shape index (κ3) is 5.19. The second-order valence-corrected chi connectivity index (χ2v) is 6.72. The summed E-state index contributed by atoms with van der Waals surface area (Å²) in [6.45, 7) is 3.32. The Kier molecular flexibility index (Phi) is 8.03. The van der Waals surface area contributed by atoms with Crippen LogP contribution in [0.5, 0.6) is 0 Å². The molecule has 0 aromatic heterocycles. The maximum Gasteiger partial charge on any atom is 0.261 e. The molecule has 1 fully saturated rings. The van der Waals surface area contributed by atoms with Crippen LogP contribution in [-0.2, 0) is 0 Å². The van der Waals surface area contributed by atoms with Crippen molar-refractivity contribution in [1.82, 2.24) is 15.5 Å². The van der Waals surface area contributed by atoms with Crippen molar-refractivity contribution in [3.05, 3.63) is 35.4 Å². The second-order valence-electron chi connectivity index (χ2n) is 6.72. The lowest BCUT2D eigenvalue weighted by molar-refractivity contribution is 0.0659. The molecule has 1 aromatic rings. The summed E-state index contributed by atoms with van der Waals surface area (Å²) in [6.07, 6.45) is 3.22. The smallest absolute Gasteiger partial charge is 0.261 e. The molecule has 0 spiro atoms. The lowest BCUT2D eigenvalue weighted by Crippen LogP contribution is -2.45. The lowest BCUT2D eigenvalue weighted by Gasteiger charge is -2.27. The van der Waals surface area contributed by atoms with Crippen LogP contribution in [0.25, 0.3) is 0 Å². The molecule has 27 heavy (non-hydrogen) atoms. The Balaban J connectivity index is 0.00000261. The number of hydrogen-bond acceptors (Lipinski definition) is 4. The van der Waals surface area contributed by atoms with E-state index in [0.717, 1.165) is 32.2 Å². The maximum absolute atomic E-state index is 12.4. The molecule has 3 rings (SSSR count). The zero-order chi connectivity index (χ0) is 18.5. The topological polar surface area (TPSA) is 94.0 Å². The van der Waals surface area contributed by atoms with Crippen molar-refractivity contribution < 1.29 is 14.7 Å². The Hall–Kier alpha value is -1.68. The fourth-order valence-corrected chi connectivity index (χ4v) is 3.44. The van der Waals surface area contributed by atoms with Crippen LogP contribution in [0.4, 0.5) is 0 Å². The van der Waals surface area contributed by atoms with Gasteiger partial charge in [0.15, 0.2) is 5.96 Å².